The van der Waals surface area contributed by atoms with Crippen LogP contribution in [0.1, 0.15) is 47.0 Å². The molecule has 146 valence electrons. The van der Waals surface area contributed by atoms with Crippen molar-refractivity contribution in [3.05, 3.63) is 60.7 Å². The predicted molar refractivity (Wildman–Crippen MR) is 107 cm³/mol. The van der Waals surface area contributed by atoms with Crippen LogP contribution in [-0.4, -0.2) is 16.1 Å². The minimum atomic E-state index is -3.97. The fraction of sp³-hybridized carbons (Fsp3) is 0.429. The molecule has 2 aromatic carbocycles. The normalized spacial score (nSPS) is 19.4. The highest BCUT2D eigenvalue weighted by Gasteiger charge is 2.48. The summed E-state index contributed by atoms with van der Waals surface area (Å²) in [5.74, 6) is 0.869. The van der Waals surface area contributed by atoms with Crippen molar-refractivity contribution in [3.63, 3.8) is 0 Å². The zero-order valence-electron chi connectivity index (χ0n) is 16.4. The van der Waals surface area contributed by atoms with Crippen molar-refractivity contribution in [3.8, 4) is 11.5 Å². The summed E-state index contributed by atoms with van der Waals surface area (Å²) >= 11 is 0. The first kappa shape index (κ1) is 19.9. The van der Waals surface area contributed by atoms with E-state index in [4.69, 9.17) is 13.7 Å². The zero-order valence-corrected chi connectivity index (χ0v) is 17.3. The standard InChI is InChI=1S/C21H28NO4P/c1-20(2)16-11-17-21(3,4)22(20)26-27(23,24-18-12-7-5-8-13-18)25-19-14-9-6-10-15-19/h5-10,12-15H,11,16-17H2,1-4H3. The van der Waals surface area contributed by atoms with E-state index in [2.05, 4.69) is 27.7 Å². The molecule has 0 saturated carbocycles. The summed E-state index contributed by atoms with van der Waals surface area (Å²) in [5, 5.41) is 1.80. The lowest BCUT2D eigenvalue weighted by Gasteiger charge is -2.51. The number of hydrogen-bond donors (Lipinski definition) is 0. The Morgan fingerprint density at radius 2 is 1.19 bits per heavy atom. The number of benzene rings is 2. The highest BCUT2D eigenvalue weighted by Crippen LogP contribution is 2.54. The van der Waals surface area contributed by atoms with E-state index in [0.29, 0.717) is 11.5 Å². The molecule has 0 aromatic heterocycles. The van der Waals surface area contributed by atoms with E-state index in [-0.39, 0.29) is 11.1 Å². The van der Waals surface area contributed by atoms with Gasteiger partial charge in [0.15, 0.2) is 0 Å². The minimum absolute atomic E-state index is 0.294. The second kappa shape index (κ2) is 7.67. The predicted octanol–water partition coefficient (Wildman–Crippen LogP) is 6.23. The summed E-state index contributed by atoms with van der Waals surface area (Å²) in [6.07, 6.45) is 2.96. The van der Waals surface area contributed by atoms with Gasteiger partial charge in [0.2, 0.25) is 0 Å². The maximum absolute atomic E-state index is 13.7. The topological polar surface area (TPSA) is 48.0 Å². The number of nitrogens with zero attached hydrogens (tertiary/aromatic N) is 1. The molecule has 0 amide bonds. The second-order valence-corrected chi connectivity index (χ2v) is 9.53. The Kier molecular flexibility index (Phi) is 5.66. The van der Waals surface area contributed by atoms with Crippen LogP contribution in [0.15, 0.2) is 60.7 Å². The Labute approximate surface area is 161 Å². The number of piperidine rings is 1. The molecule has 1 heterocycles. The van der Waals surface area contributed by atoms with Crippen molar-refractivity contribution < 1.29 is 18.2 Å². The van der Waals surface area contributed by atoms with Crippen LogP contribution in [0.5, 0.6) is 11.5 Å². The van der Waals surface area contributed by atoms with Gasteiger partial charge in [0.25, 0.3) is 0 Å². The zero-order chi connectivity index (χ0) is 19.5. The lowest BCUT2D eigenvalue weighted by molar-refractivity contribution is -0.225. The van der Waals surface area contributed by atoms with Crippen LogP contribution in [0.4, 0.5) is 0 Å². The average Bonchev–Trinajstić information content (AvgIpc) is 2.60. The molecule has 1 aliphatic rings. The molecule has 0 aliphatic carbocycles. The Hall–Kier alpha value is -1.81. The monoisotopic (exact) mass is 389 g/mol. The molecule has 1 fully saturated rings. The summed E-state index contributed by atoms with van der Waals surface area (Å²) in [5.41, 5.74) is -0.588. The van der Waals surface area contributed by atoms with Crippen LogP contribution >= 0.6 is 7.82 Å². The van der Waals surface area contributed by atoms with Crippen LogP contribution in [0.2, 0.25) is 0 Å². The van der Waals surface area contributed by atoms with Crippen LogP contribution in [0, 0.1) is 0 Å². The van der Waals surface area contributed by atoms with Gasteiger partial charge in [-0.05, 0) is 71.2 Å². The molecule has 5 nitrogen and oxygen atoms in total. The minimum Gasteiger partial charge on any atom is -0.394 e. The van der Waals surface area contributed by atoms with Gasteiger partial charge in [-0.1, -0.05) is 36.4 Å². The van der Waals surface area contributed by atoms with Gasteiger partial charge in [-0.15, -0.1) is 0 Å². The maximum atomic E-state index is 13.7. The maximum Gasteiger partial charge on any atom is 0.605 e. The lowest BCUT2D eigenvalue weighted by atomic mass is 9.82. The largest absolute Gasteiger partial charge is 0.605 e. The van der Waals surface area contributed by atoms with Crippen molar-refractivity contribution in [1.82, 2.24) is 5.06 Å². The van der Waals surface area contributed by atoms with Gasteiger partial charge >= 0.3 is 7.82 Å². The van der Waals surface area contributed by atoms with Gasteiger partial charge in [0.05, 0.1) is 0 Å². The molecule has 0 radical (unpaired) electrons. The SMILES string of the molecule is CC1(C)CCCC(C)(C)N1OP(=O)(Oc1ccccc1)Oc1ccccc1. The Balaban J connectivity index is 1.92. The highest BCUT2D eigenvalue weighted by atomic mass is 31.2. The van der Waals surface area contributed by atoms with Gasteiger partial charge < -0.3 is 9.05 Å². The number of para-hydroxylation sites is 2. The van der Waals surface area contributed by atoms with Crippen LogP contribution in [0.25, 0.3) is 0 Å². The lowest BCUT2D eigenvalue weighted by Crippen LogP contribution is -2.57. The molecule has 6 heteroatoms. The van der Waals surface area contributed by atoms with Crippen molar-refractivity contribution in [1.29, 1.82) is 0 Å². The molecule has 27 heavy (non-hydrogen) atoms. The molecule has 1 saturated heterocycles. The van der Waals surface area contributed by atoms with E-state index in [0.717, 1.165) is 19.3 Å². The van der Waals surface area contributed by atoms with Gasteiger partial charge in [-0.25, -0.2) is 4.57 Å². The fourth-order valence-electron chi connectivity index (χ4n) is 3.57. The Morgan fingerprint density at radius 1 is 0.778 bits per heavy atom. The molecule has 0 N–H and O–H groups in total. The van der Waals surface area contributed by atoms with E-state index in [1.54, 1.807) is 29.3 Å². The van der Waals surface area contributed by atoms with E-state index in [1.807, 2.05) is 36.4 Å². The third-order valence-corrected chi connectivity index (χ3v) is 6.01. The number of phosphoric ester groups is 1. The summed E-state index contributed by atoms with van der Waals surface area (Å²) in [7, 11) is -3.97. The van der Waals surface area contributed by atoms with Crippen molar-refractivity contribution in [2.75, 3.05) is 0 Å². The van der Waals surface area contributed by atoms with E-state index >= 15 is 0 Å². The molecule has 2 aromatic rings. The smallest absolute Gasteiger partial charge is 0.394 e. The molecule has 0 bridgehead atoms. The van der Waals surface area contributed by atoms with Crippen molar-refractivity contribution >= 4 is 7.82 Å². The quantitative estimate of drug-likeness (QED) is 0.548. The van der Waals surface area contributed by atoms with Crippen LogP contribution in [0.3, 0.4) is 0 Å². The second-order valence-electron chi connectivity index (χ2n) is 8.11. The van der Waals surface area contributed by atoms with E-state index in [9.17, 15) is 4.57 Å². The number of phosphoric acid groups is 1. The number of hydrogen-bond acceptors (Lipinski definition) is 5. The number of hydroxylamine groups is 2. The Bertz CT molecular complexity index is 731. The van der Waals surface area contributed by atoms with Crippen molar-refractivity contribution in [2.24, 2.45) is 0 Å². The van der Waals surface area contributed by atoms with Gasteiger partial charge in [0.1, 0.15) is 11.5 Å². The van der Waals surface area contributed by atoms with Gasteiger partial charge in [0, 0.05) is 11.1 Å². The third-order valence-electron chi connectivity index (χ3n) is 4.78. The fourth-order valence-corrected chi connectivity index (χ4v) is 5.08. The van der Waals surface area contributed by atoms with Gasteiger partial charge in [-0.2, -0.15) is 9.69 Å². The third kappa shape index (κ3) is 4.92. The molecular formula is C21H28NO4P. The summed E-state index contributed by atoms with van der Waals surface area (Å²) in [6, 6.07) is 17.9. The first-order valence-electron chi connectivity index (χ1n) is 9.30. The molecular weight excluding hydrogens is 361 g/mol. The molecule has 0 unspecified atom stereocenters. The van der Waals surface area contributed by atoms with Crippen LogP contribution < -0.4 is 9.05 Å². The van der Waals surface area contributed by atoms with Crippen molar-refractivity contribution in [2.45, 2.75) is 58.0 Å². The first-order chi connectivity index (χ1) is 12.7. The summed E-state index contributed by atoms with van der Waals surface area (Å²) in [6.45, 7) is 8.35. The van der Waals surface area contributed by atoms with Crippen LogP contribution in [-0.2, 0) is 9.19 Å². The molecule has 3 rings (SSSR count). The Morgan fingerprint density at radius 3 is 1.59 bits per heavy atom. The van der Waals surface area contributed by atoms with E-state index < -0.39 is 7.82 Å². The summed E-state index contributed by atoms with van der Waals surface area (Å²) in [4.78, 5) is 0. The summed E-state index contributed by atoms with van der Waals surface area (Å²) < 4.78 is 31.3. The number of rotatable bonds is 6. The molecule has 0 spiro atoms. The first-order valence-corrected chi connectivity index (χ1v) is 10.8. The van der Waals surface area contributed by atoms with E-state index in [1.165, 1.54) is 0 Å². The molecule has 1 aliphatic heterocycles. The molecule has 0 atom stereocenters. The highest BCUT2D eigenvalue weighted by molar-refractivity contribution is 7.49. The average molecular weight is 389 g/mol. The van der Waals surface area contributed by atoms with Gasteiger partial charge in [-0.3, -0.25) is 0 Å².